The molecule has 0 saturated carbocycles. The Bertz CT molecular complexity index is 407. The average molecular weight is 251 g/mol. The summed E-state index contributed by atoms with van der Waals surface area (Å²) in [5.41, 5.74) is 6.89. The first-order valence-electron chi connectivity index (χ1n) is 5.98. The lowest BCUT2D eigenvalue weighted by molar-refractivity contribution is -0.116. The van der Waals surface area contributed by atoms with Gasteiger partial charge in [-0.05, 0) is 31.8 Å². The van der Waals surface area contributed by atoms with E-state index in [-0.39, 0.29) is 5.91 Å². The number of hydrogen-bond donors (Lipinski definition) is 2. The van der Waals surface area contributed by atoms with Crippen LogP contribution in [0.3, 0.4) is 0 Å². The molecule has 0 radical (unpaired) electrons. The molecule has 0 bridgehead atoms. The maximum atomic E-state index is 11.8. The molecule has 0 unspecified atom stereocenters. The van der Waals surface area contributed by atoms with Crippen molar-refractivity contribution in [1.29, 1.82) is 0 Å². The number of anilines is 2. The number of nitrogen functional groups attached to an aromatic ring is 1. The second-order valence-corrected chi connectivity index (χ2v) is 4.15. The summed E-state index contributed by atoms with van der Waals surface area (Å²) in [6, 6.07) is 5.17. The number of benzene rings is 1. The Morgan fingerprint density at radius 2 is 2.22 bits per heavy atom. The van der Waals surface area contributed by atoms with Gasteiger partial charge in [-0.15, -0.1) is 0 Å². The zero-order valence-corrected chi connectivity index (χ0v) is 11.2. The number of nitrogens with one attached hydrogen (secondary N) is 1. The van der Waals surface area contributed by atoms with E-state index < -0.39 is 0 Å². The molecule has 0 atom stereocenters. The van der Waals surface area contributed by atoms with E-state index in [1.54, 1.807) is 25.3 Å². The molecule has 1 aromatic rings. The number of amides is 1. The highest BCUT2D eigenvalue weighted by Gasteiger charge is 2.08. The third-order valence-corrected chi connectivity index (χ3v) is 2.76. The number of ether oxygens (including phenoxy) is 1. The van der Waals surface area contributed by atoms with Crippen LogP contribution in [0.25, 0.3) is 0 Å². The van der Waals surface area contributed by atoms with E-state index in [1.807, 2.05) is 7.05 Å². The molecule has 1 aromatic carbocycles. The van der Waals surface area contributed by atoms with Crippen molar-refractivity contribution in [2.45, 2.75) is 13.3 Å². The molecule has 5 heteroatoms. The van der Waals surface area contributed by atoms with Crippen molar-refractivity contribution in [3.8, 4) is 5.75 Å². The first kappa shape index (κ1) is 14.3. The average Bonchev–Trinajstić information content (AvgIpc) is 2.36. The minimum absolute atomic E-state index is 0.0424. The summed E-state index contributed by atoms with van der Waals surface area (Å²) in [5.74, 6) is 0.570. The SMILES string of the molecule is CCN(C)CCC(=O)Nc1cc(N)ccc1OC. The molecule has 18 heavy (non-hydrogen) atoms. The lowest BCUT2D eigenvalue weighted by Gasteiger charge is -2.14. The van der Waals surface area contributed by atoms with Gasteiger partial charge < -0.3 is 20.7 Å². The molecule has 100 valence electrons. The van der Waals surface area contributed by atoms with E-state index in [2.05, 4.69) is 17.1 Å². The number of methoxy groups -OCH3 is 1. The van der Waals surface area contributed by atoms with Crippen molar-refractivity contribution < 1.29 is 9.53 Å². The molecule has 0 saturated heterocycles. The predicted octanol–water partition coefficient (Wildman–Crippen LogP) is 1.56. The zero-order valence-electron chi connectivity index (χ0n) is 11.2. The summed E-state index contributed by atoms with van der Waals surface area (Å²) in [6.07, 6.45) is 0.447. The molecule has 1 rings (SSSR count). The summed E-state index contributed by atoms with van der Waals surface area (Å²) in [4.78, 5) is 13.9. The normalized spacial score (nSPS) is 10.4. The van der Waals surface area contributed by atoms with Crippen molar-refractivity contribution in [1.82, 2.24) is 4.90 Å². The monoisotopic (exact) mass is 251 g/mol. The van der Waals surface area contributed by atoms with Gasteiger partial charge in [-0.2, -0.15) is 0 Å². The first-order valence-corrected chi connectivity index (χ1v) is 5.98. The minimum atomic E-state index is -0.0424. The Balaban J connectivity index is 2.61. The smallest absolute Gasteiger partial charge is 0.225 e. The first-order chi connectivity index (χ1) is 8.56. The van der Waals surface area contributed by atoms with Gasteiger partial charge in [0.25, 0.3) is 0 Å². The quantitative estimate of drug-likeness (QED) is 0.753. The second kappa shape index (κ2) is 6.86. The van der Waals surface area contributed by atoms with Crippen molar-refractivity contribution in [3.63, 3.8) is 0 Å². The Morgan fingerprint density at radius 1 is 1.50 bits per heavy atom. The molecule has 0 heterocycles. The van der Waals surface area contributed by atoms with Gasteiger partial charge in [-0.25, -0.2) is 0 Å². The zero-order chi connectivity index (χ0) is 13.5. The van der Waals surface area contributed by atoms with Gasteiger partial charge in [0.05, 0.1) is 12.8 Å². The van der Waals surface area contributed by atoms with Crippen molar-refractivity contribution in [2.75, 3.05) is 38.3 Å². The maximum Gasteiger partial charge on any atom is 0.225 e. The van der Waals surface area contributed by atoms with Crippen LogP contribution in [0.15, 0.2) is 18.2 Å². The van der Waals surface area contributed by atoms with Crippen molar-refractivity contribution >= 4 is 17.3 Å². The van der Waals surface area contributed by atoms with E-state index in [1.165, 1.54) is 0 Å². The summed E-state index contributed by atoms with van der Waals surface area (Å²) in [7, 11) is 3.54. The van der Waals surface area contributed by atoms with Crippen LogP contribution >= 0.6 is 0 Å². The standard InChI is InChI=1S/C13H21N3O2/c1-4-16(2)8-7-13(17)15-11-9-10(14)5-6-12(11)18-3/h5-6,9H,4,7-8,14H2,1-3H3,(H,15,17). The number of carbonyl (C=O) groups is 1. The Kier molecular flexibility index (Phi) is 5.45. The highest BCUT2D eigenvalue weighted by atomic mass is 16.5. The van der Waals surface area contributed by atoms with Gasteiger partial charge in [0.15, 0.2) is 0 Å². The molecule has 0 spiro atoms. The third kappa shape index (κ3) is 4.25. The Labute approximate surface area is 108 Å². The lowest BCUT2D eigenvalue weighted by atomic mass is 10.2. The number of nitrogens with zero attached hydrogens (tertiary/aromatic N) is 1. The molecule has 3 N–H and O–H groups in total. The van der Waals surface area contributed by atoms with Crippen LogP contribution in [-0.2, 0) is 4.79 Å². The number of nitrogens with two attached hydrogens (primary N) is 1. The highest BCUT2D eigenvalue weighted by Crippen LogP contribution is 2.26. The largest absolute Gasteiger partial charge is 0.495 e. The minimum Gasteiger partial charge on any atom is -0.495 e. The van der Waals surface area contributed by atoms with Gasteiger partial charge in [0.1, 0.15) is 5.75 Å². The molecule has 1 amide bonds. The van der Waals surface area contributed by atoms with E-state index in [9.17, 15) is 4.79 Å². The van der Waals surface area contributed by atoms with Gasteiger partial charge >= 0.3 is 0 Å². The molecular weight excluding hydrogens is 230 g/mol. The van der Waals surface area contributed by atoms with Crippen LogP contribution in [0.5, 0.6) is 5.75 Å². The maximum absolute atomic E-state index is 11.8. The van der Waals surface area contributed by atoms with Gasteiger partial charge in [0, 0.05) is 18.7 Å². The van der Waals surface area contributed by atoms with Crippen molar-refractivity contribution in [2.24, 2.45) is 0 Å². The molecule has 0 aliphatic rings. The van der Waals surface area contributed by atoms with Gasteiger partial charge in [0.2, 0.25) is 5.91 Å². The number of carbonyl (C=O) groups excluding carboxylic acids is 1. The van der Waals surface area contributed by atoms with Crippen LogP contribution in [0.1, 0.15) is 13.3 Å². The fourth-order valence-corrected chi connectivity index (χ4v) is 1.49. The van der Waals surface area contributed by atoms with E-state index in [4.69, 9.17) is 10.5 Å². The fraction of sp³-hybridized carbons (Fsp3) is 0.462. The van der Waals surface area contributed by atoms with Crippen LogP contribution in [0.2, 0.25) is 0 Å². The third-order valence-electron chi connectivity index (χ3n) is 2.76. The van der Waals surface area contributed by atoms with Crippen LogP contribution in [0, 0.1) is 0 Å². The summed E-state index contributed by atoms with van der Waals surface area (Å²) in [6.45, 7) is 3.71. The van der Waals surface area contributed by atoms with Gasteiger partial charge in [-0.1, -0.05) is 6.92 Å². The highest BCUT2D eigenvalue weighted by molar-refractivity contribution is 5.93. The second-order valence-electron chi connectivity index (χ2n) is 4.15. The fourth-order valence-electron chi connectivity index (χ4n) is 1.49. The molecular formula is C13H21N3O2. The summed E-state index contributed by atoms with van der Waals surface area (Å²) in [5, 5.41) is 2.81. The van der Waals surface area contributed by atoms with Gasteiger partial charge in [-0.3, -0.25) is 4.79 Å². The topological polar surface area (TPSA) is 67.6 Å². The Morgan fingerprint density at radius 3 is 2.83 bits per heavy atom. The lowest BCUT2D eigenvalue weighted by Crippen LogP contribution is -2.24. The molecule has 0 fully saturated rings. The van der Waals surface area contributed by atoms with E-state index in [0.29, 0.717) is 23.5 Å². The molecule has 5 nitrogen and oxygen atoms in total. The van der Waals surface area contributed by atoms with E-state index in [0.717, 1.165) is 13.1 Å². The summed E-state index contributed by atoms with van der Waals surface area (Å²) < 4.78 is 5.17. The Hall–Kier alpha value is -1.75. The molecule has 0 aliphatic carbocycles. The molecule has 0 aliphatic heterocycles. The molecule has 0 aromatic heterocycles. The van der Waals surface area contributed by atoms with Crippen LogP contribution in [-0.4, -0.2) is 38.1 Å². The number of rotatable bonds is 6. The summed E-state index contributed by atoms with van der Waals surface area (Å²) >= 11 is 0. The predicted molar refractivity (Wildman–Crippen MR) is 73.8 cm³/mol. The van der Waals surface area contributed by atoms with E-state index >= 15 is 0 Å². The number of hydrogen-bond acceptors (Lipinski definition) is 4. The van der Waals surface area contributed by atoms with Crippen molar-refractivity contribution in [3.05, 3.63) is 18.2 Å². The van der Waals surface area contributed by atoms with Crippen LogP contribution < -0.4 is 15.8 Å². The van der Waals surface area contributed by atoms with Crippen LogP contribution in [0.4, 0.5) is 11.4 Å².